The van der Waals surface area contributed by atoms with E-state index in [1.54, 1.807) is 23.1 Å². The van der Waals surface area contributed by atoms with Crippen molar-refractivity contribution in [2.24, 2.45) is 5.92 Å². The maximum atomic E-state index is 13.8. The zero-order valence-electron chi connectivity index (χ0n) is 18.7. The molecule has 0 spiro atoms. The topological polar surface area (TPSA) is 82.3 Å². The molecule has 2 aliphatic heterocycles. The number of amides is 1. The third-order valence-electron chi connectivity index (χ3n) is 7.01. The molecule has 4 heterocycles. The fourth-order valence-electron chi connectivity index (χ4n) is 5.06. The molecule has 0 saturated carbocycles. The van der Waals surface area contributed by atoms with Gasteiger partial charge in [-0.05, 0) is 49.3 Å². The van der Waals surface area contributed by atoms with E-state index >= 15 is 0 Å². The molecule has 1 amide bonds. The summed E-state index contributed by atoms with van der Waals surface area (Å²) in [5.74, 6) is 1.14. The molecule has 0 unspecified atom stereocenters. The number of carbonyl (C=O) groups is 1. The summed E-state index contributed by atoms with van der Waals surface area (Å²) in [6.07, 6.45) is 6.63. The van der Waals surface area contributed by atoms with Crippen molar-refractivity contribution in [3.05, 3.63) is 76.8 Å². The van der Waals surface area contributed by atoms with Crippen LogP contribution in [0, 0.1) is 5.92 Å². The predicted molar refractivity (Wildman–Crippen MR) is 123 cm³/mol. The first kappa shape index (κ1) is 21.6. The van der Waals surface area contributed by atoms with Gasteiger partial charge in [0.2, 0.25) is 5.91 Å². The van der Waals surface area contributed by atoms with Gasteiger partial charge in [-0.25, -0.2) is 9.36 Å². The third kappa shape index (κ3) is 4.35. The van der Waals surface area contributed by atoms with E-state index < -0.39 is 5.41 Å². The average Bonchev–Trinajstić information content (AvgIpc) is 3.41. The molecule has 5 rings (SSSR count). The van der Waals surface area contributed by atoms with Crippen molar-refractivity contribution in [1.29, 1.82) is 0 Å². The highest BCUT2D eigenvalue weighted by Gasteiger charge is 2.44. The van der Waals surface area contributed by atoms with Gasteiger partial charge in [-0.3, -0.25) is 9.59 Å². The summed E-state index contributed by atoms with van der Waals surface area (Å²) in [7, 11) is 0. The van der Waals surface area contributed by atoms with Crippen LogP contribution in [0.1, 0.15) is 31.2 Å². The Kier molecular flexibility index (Phi) is 6.09. The lowest BCUT2D eigenvalue weighted by molar-refractivity contribution is -0.142. The zero-order valence-corrected chi connectivity index (χ0v) is 18.7. The van der Waals surface area contributed by atoms with E-state index in [2.05, 4.69) is 22.3 Å². The molecule has 2 fully saturated rings. The molecule has 172 valence electrons. The Bertz CT molecular complexity index is 1130. The van der Waals surface area contributed by atoms with Crippen LogP contribution in [0.5, 0.6) is 0 Å². The maximum Gasteiger partial charge on any atom is 0.266 e. The van der Waals surface area contributed by atoms with Crippen molar-refractivity contribution in [3.8, 4) is 5.82 Å². The molecule has 2 aromatic heterocycles. The second-order valence-electron chi connectivity index (χ2n) is 8.96. The van der Waals surface area contributed by atoms with Crippen molar-refractivity contribution in [2.75, 3.05) is 26.3 Å². The van der Waals surface area contributed by atoms with Crippen LogP contribution in [-0.4, -0.2) is 56.7 Å². The van der Waals surface area contributed by atoms with E-state index in [4.69, 9.17) is 4.74 Å². The molecule has 2 saturated heterocycles. The monoisotopic (exact) mass is 447 g/mol. The Morgan fingerprint density at radius 3 is 2.48 bits per heavy atom. The predicted octanol–water partition coefficient (Wildman–Crippen LogP) is 2.42. The van der Waals surface area contributed by atoms with Crippen molar-refractivity contribution >= 4 is 5.91 Å². The van der Waals surface area contributed by atoms with Gasteiger partial charge in [0, 0.05) is 51.3 Å². The first-order chi connectivity index (χ1) is 16.2. The van der Waals surface area contributed by atoms with Gasteiger partial charge in [-0.1, -0.05) is 30.3 Å². The molecule has 2 aliphatic rings. The van der Waals surface area contributed by atoms with Crippen LogP contribution < -0.4 is 5.56 Å². The quantitative estimate of drug-likeness (QED) is 0.600. The summed E-state index contributed by atoms with van der Waals surface area (Å²) >= 11 is 0. The van der Waals surface area contributed by atoms with Crippen molar-refractivity contribution in [2.45, 2.75) is 37.6 Å². The van der Waals surface area contributed by atoms with Crippen LogP contribution in [0.2, 0.25) is 0 Å². The molecule has 1 aromatic carbocycles. The van der Waals surface area contributed by atoms with Gasteiger partial charge >= 0.3 is 0 Å². The number of nitrogens with zero attached hydrogens (tertiary/aromatic N) is 5. The van der Waals surface area contributed by atoms with Gasteiger partial charge in [-0.2, -0.15) is 5.10 Å². The van der Waals surface area contributed by atoms with Crippen molar-refractivity contribution in [1.82, 2.24) is 24.5 Å². The highest BCUT2D eigenvalue weighted by atomic mass is 16.5. The van der Waals surface area contributed by atoms with Gasteiger partial charge in [0.05, 0.1) is 5.41 Å². The largest absolute Gasteiger partial charge is 0.381 e. The lowest BCUT2D eigenvalue weighted by atomic mass is 9.72. The Morgan fingerprint density at radius 1 is 1.03 bits per heavy atom. The summed E-state index contributed by atoms with van der Waals surface area (Å²) in [4.78, 5) is 28.2. The average molecular weight is 448 g/mol. The highest BCUT2D eigenvalue weighted by Crippen LogP contribution is 2.37. The molecule has 0 bridgehead atoms. The lowest BCUT2D eigenvalue weighted by Crippen LogP contribution is -2.52. The first-order valence-corrected chi connectivity index (χ1v) is 11.7. The standard InChI is InChI=1S/C25H29N5O3/c31-23-8-7-22(29-14-4-13-26-29)27-30(23)19-20-9-15-28(16-10-20)24(32)25(11-17-33-18-12-25)21-5-2-1-3-6-21/h1-8,13-14,20H,9-12,15-19H2. The van der Waals surface area contributed by atoms with E-state index in [1.165, 1.54) is 10.7 Å². The first-order valence-electron chi connectivity index (χ1n) is 11.7. The maximum absolute atomic E-state index is 13.8. The Labute approximate surface area is 192 Å². The lowest BCUT2D eigenvalue weighted by Gasteiger charge is -2.42. The number of ether oxygens (including phenoxy) is 1. The number of carbonyl (C=O) groups excluding carboxylic acids is 1. The van der Waals surface area contributed by atoms with Gasteiger partial charge in [0.1, 0.15) is 0 Å². The van der Waals surface area contributed by atoms with E-state index in [0.29, 0.717) is 44.6 Å². The van der Waals surface area contributed by atoms with Crippen molar-refractivity contribution in [3.63, 3.8) is 0 Å². The number of likely N-dealkylation sites (tertiary alicyclic amines) is 1. The second kappa shape index (κ2) is 9.31. The molecule has 3 aromatic rings. The van der Waals surface area contributed by atoms with Crippen LogP contribution >= 0.6 is 0 Å². The molecular weight excluding hydrogens is 418 g/mol. The highest BCUT2D eigenvalue weighted by molar-refractivity contribution is 5.88. The third-order valence-corrected chi connectivity index (χ3v) is 7.01. The van der Waals surface area contributed by atoms with Crippen LogP contribution in [0.15, 0.2) is 65.7 Å². The van der Waals surface area contributed by atoms with Crippen LogP contribution in [0.3, 0.4) is 0 Å². The summed E-state index contributed by atoms with van der Waals surface area (Å²) in [5, 5.41) is 8.69. The number of hydrogen-bond acceptors (Lipinski definition) is 5. The molecule has 0 aliphatic carbocycles. The van der Waals surface area contributed by atoms with E-state index in [1.807, 2.05) is 29.2 Å². The molecular formula is C25H29N5O3. The summed E-state index contributed by atoms with van der Waals surface area (Å²) in [6, 6.07) is 15.2. The number of benzene rings is 1. The van der Waals surface area contributed by atoms with Crippen LogP contribution in [-0.2, 0) is 21.5 Å². The zero-order chi connectivity index (χ0) is 22.7. The van der Waals surface area contributed by atoms with E-state index in [0.717, 1.165) is 31.2 Å². The molecule has 8 heteroatoms. The summed E-state index contributed by atoms with van der Waals surface area (Å²) in [5.41, 5.74) is 0.476. The number of piperidine rings is 1. The number of rotatable bonds is 5. The second-order valence-corrected chi connectivity index (χ2v) is 8.96. The fraction of sp³-hybridized carbons (Fsp3) is 0.440. The summed E-state index contributed by atoms with van der Waals surface area (Å²) in [6.45, 7) is 3.17. The molecule has 0 atom stereocenters. The Balaban J connectivity index is 1.27. The molecule has 0 radical (unpaired) electrons. The van der Waals surface area contributed by atoms with Gasteiger partial charge in [0.15, 0.2) is 5.82 Å². The van der Waals surface area contributed by atoms with Gasteiger partial charge in [0.25, 0.3) is 5.56 Å². The van der Waals surface area contributed by atoms with E-state index in [-0.39, 0.29) is 11.5 Å². The van der Waals surface area contributed by atoms with E-state index in [9.17, 15) is 9.59 Å². The number of hydrogen-bond donors (Lipinski definition) is 0. The van der Waals surface area contributed by atoms with Gasteiger partial charge in [-0.15, -0.1) is 5.10 Å². The minimum Gasteiger partial charge on any atom is -0.381 e. The SMILES string of the molecule is O=C(N1CCC(Cn2nc(-n3cccn3)ccc2=O)CC1)C1(c2ccccc2)CCOCC1. The van der Waals surface area contributed by atoms with Crippen LogP contribution in [0.25, 0.3) is 5.82 Å². The van der Waals surface area contributed by atoms with Gasteiger partial charge < -0.3 is 9.64 Å². The fourth-order valence-corrected chi connectivity index (χ4v) is 5.06. The molecule has 8 nitrogen and oxygen atoms in total. The summed E-state index contributed by atoms with van der Waals surface area (Å²) < 4.78 is 8.78. The smallest absolute Gasteiger partial charge is 0.266 e. The number of aromatic nitrogens is 4. The van der Waals surface area contributed by atoms with Crippen molar-refractivity contribution < 1.29 is 9.53 Å². The molecule has 0 N–H and O–H groups in total. The minimum atomic E-state index is -0.497. The molecule has 33 heavy (non-hydrogen) atoms. The Morgan fingerprint density at radius 2 is 1.79 bits per heavy atom. The van der Waals surface area contributed by atoms with Crippen LogP contribution in [0.4, 0.5) is 0 Å². The normalized spacial score (nSPS) is 18.8. The Hall–Kier alpha value is -3.26. The minimum absolute atomic E-state index is 0.116.